The Hall–Kier alpha value is -1.35. The van der Waals surface area contributed by atoms with Gasteiger partial charge in [0.15, 0.2) is 0 Å². The first-order chi connectivity index (χ1) is 9.29. The molecule has 0 unspecified atom stereocenters. The second-order valence-electron chi connectivity index (χ2n) is 5.60. The first-order valence-electron chi connectivity index (χ1n) is 7.24. The van der Waals surface area contributed by atoms with Crippen molar-refractivity contribution in [1.82, 2.24) is 4.90 Å². The molecule has 2 aliphatic rings. The van der Waals surface area contributed by atoms with Crippen molar-refractivity contribution < 1.29 is 9.53 Å². The lowest BCUT2D eigenvalue weighted by molar-refractivity contribution is -0.149. The van der Waals surface area contributed by atoms with E-state index in [0.29, 0.717) is 18.6 Å². The van der Waals surface area contributed by atoms with E-state index in [1.165, 1.54) is 12.0 Å². The number of ether oxygens (including phenoxy) is 1. The molecule has 0 spiro atoms. The van der Waals surface area contributed by atoms with Gasteiger partial charge in [0.25, 0.3) is 0 Å². The Labute approximate surface area is 114 Å². The minimum Gasteiger partial charge on any atom is -0.466 e. The minimum atomic E-state index is 0.0190. The number of carbonyl (C=O) groups excluding carboxylic acids is 1. The van der Waals surface area contributed by atoms with Gasteiger partial charge >= 0.3 is 5.97 Å². The van der Waals surface area contributed by atoms with E-state index in [0.717, 1.165) is 19.5 Å². The Bertz CT molecular complexity index is 445. The van der Waals surface area contributed by atoms with E-state index in [1.807, 2.05) is 13.0 Å². The maximum Gasteiger partial charge on any atom is 0.310 e. The van der Waals surface area contributed by atoms with Crippen LogP contribution < -0.4 is 0 Å². The van der Waals surface area contributed by atoms with Crippen molar-refractivity contribution in [1.29, 1.82) is 0 Å². The number of benzene rings is 1. The van der Waals surface area contributed by atoms with Crippen LogP contribution >= 0.6 is 0 Å². The third kappa shape index (κ3) is 2.39. The summed E-state index contributed by atoms with van der Waals surface area (Å²) in [6, 6.07) is 10.9. The third-order valence-corrected chi connectivity index (χ3v) is 4.48. The van der Waals surface area contributed by atoms with E-state index in [4.69, 9.17) is 4.74 Å². The molecule has 2 fully saturated rings. The Morgan fingerprint density at radius 2 is 2.11 bits per heavy atom. The van der Waals surface area contributed by atoms with E-state index in [1.54, 1.807) is 0 Å². The molecule has 1 aliphatic carbocycles. The summed E-state index contributed by atoms with van der Waals surface area (Å²) >= 11 is 0. The summed E-state index contributed by atoms with van der Waals surface area (Å²) in [6.45, 7) is 4.38. The second kappa shape index (κ2) is 5.33. The number of carbonyl (C=O) groups is 1. The van der Waals surface area contributed by atoms with Gasteiger partial charge in [-0.25, -0.2) is 0 Å². The minimum absolute atomic E-state index is 0.0190. The number of esters is 1. The monoisotopic (exact) mass is 259 g/mol. The van der Waals surface area contributed by atoms with Crippen LogP contribution in [0.25, 0.3) is 0 Å². The highest BCUT2D eigenvalue weighted by Gasteiger charge is 2.50. The fraction of sp³-hybridized carbons (Fsp3) is 0.562. The molecule has 0 radical (unpaired) electrons. The van der Waals surface area contributed by atoms with E-state index in [-0.39, 0.29) is 11.9 Å². The summed E-state index contributed by atoms with van der Waals surface area (Å²) in [6.07, 6.45) is 2.32. The van der Waals surface area contributed by atoms with Crippen molar-refractivity contribution in [2.45, 2.75) is 32.4 Å². The average molecular weight is 259 g/mol. The van der Waals surface area contributed by atoms with Gasteiger partial charge < -0.3 is 4.74 Å². The number of hydrogen-bond acceptors (Lipinski definition) is 3. The van der Waals surface area contributed by atoms with Gasteiger partial charge in [0.1, 0.15) is 0 Å². The molecule has 1 saturated carbocycles. The lowest BCUT2D eigenvalue weighted by atomic mass is 9.99. The van der Waals surface area contributed by atoms with Gasteiger partial charge in [-0.1, -0.05) is 30.3 Å². The lowest BCUT2D eigenvalue weighted by Crippen LogP contribution is -2.34. The number of piperidine rings is 1. The normalized spacial score (nSPS) is 29.6. The predicted octanol–water partition coefficient (Wildman–Crippen LogP) is 2.46. The Balaban J connectivity index is 1.69. The zero-order valence-electron chi connectivity index (χ0n) is 11.4. The van der Waals surface area contributed by atoms with Gasteiger partial charge in [-0.3, -0.25) is 9.69 Å². The van der Waals surface area contributed by atoms with Crippen LogP contribution in [0, 0.1) is 11.8 Å². The first kappa shape index (κ1) is 12.7. The molecule has 0 aromatic heterocycles. The molecule has 0 amide bonds. The number of hydrogen-bond donors (Lipinski definition) is 0. The maximum absolute atomic E-state index is 12.1. The fourth-order valence-corrected chi connectivity index (χ4v) is 3.70. The number of fused-ring (bicyclic) bond motifs is 2. The standard InChI is InChI=1S/C16H21NO2/c1-2-19-16(18)15-13-8-9-14(15)17(11-13)10-12-6-4-3-5-7-12/h3-7,13-15H,2,8-11H2,1H3/t13-,14-,15-/m1/s1. The van der Waals surface area contributed by atoms with Gasteiger partial charge in [-0.15, -0.1) is 0 Å². The average Bonchev–Trinajstić information content (AvgIpc) is 2.97. The van der Waals surface area contributed by atoms with Crippen LogP contribution in [0.15, 0.2) is 30.3 Å². The summed E-state index contributed by atoms with van der Waals surface area (Å²) in [7, 11) is 0. The highest BCUT2D eigenvalue weighted by molar-refractivity contribution is 5.74. The van der Waals surface area contributed by atoms with Crippen LogP contribution in [-0.4, -0.2) is 30.1 Å². The molecule has 1 aromatic carbocycles. The van der Waals surface area contributed by atoms with Gasteiger partial charge in [0.2, 0.25) is 0 Å². The topological polar surface area (TPSA) is 29.5 Å². The zero-order valence-corrected chi connectivity index (χ0v) is 11.4. The van der Waals surface area contributed by atoms with Crippen molar-refractivity contribution in [2.75, 3.05) is 13.2 Å². The van der Waals surface area contributed by atoms with Crippen LogP contribution in [0.1, 0.15) is 25.3 Å². The van der Waals surface area contributed by atoms with Crippen molar-refractivity contribution in [3.8, 4) is 0 Å². The summed E-state index contributed by atoms with van der Waals surface area (Å²) in [4.78, 5) is 14.5. The molecular weight excluding hydrogens is 238 g/mol. The third-order valence-electron chi connectivity index (χ3n) is 4.48. The van der Waals surface area contributed by atoms with Crippen LogP contribution in [-0.2, 0) is 16.1 Å². The van der Waals surface area contributed by atoms with Crippen molar-refractivity contribution in [3.63, 3.8) is 0 Å². The second-order valence-corrected chi connectivity index (χ2v) is 5.60. The van der Waals surface area contributed by atoms with E-state index >= 15 is 0 Å². The predicted molar refractivity (Wildman–Crippen MR) is 73.5 cm³/mol. The molecule has 1 heterocycles. The first-order valence-corrected chi connectivity index (χ1v) is 7.24. The molecule has 1 aromatic rings. The highest BCUT2D eigenvalue weighted by atomic mass is 16.5. The van der Waals surface area contributed by atoms with Gasteiger partial charge in [-0.05, 0) is 31.2 Å². The molecule has 19 heavy (non-hydrogen) atoms. The Morgan fingerprint density at radius 3 is 2.84 bits per heavy atom. The molecule has 3 nitrogen and oxygen atoms in total. The molecule has 3 rings (SSSR count). The maximum atomic E-state index is 12.1. The molecule has 3 heteroatoms. The van der Waals surface area contributed by atoms with Crippen LogP contribution in [0.4, 0.5) is 0 Å². The van der Waals surface area contributed by atoms with Crippen molar-refractivity contribution in [2.24, 2.45) is 11.8 Å². The van der Waals surface area contributed by atoms with Gasteiger partial charge in [0.05, 0.1) is 12.5 Å². The van der Waals surface area contributed by atoms with Crippen LogP contribution in [0.5, 0.6) is 0 Å². The van der Waals surface area contributed by atoms with E-state index < -0.39 is 0 Å². The molecule has 3 atom stereocenters. The SMILES string of the molecule is CCOC(=O)[C@@H]1[C@@H]2CC[C@H]1N(Cc1ccccc1)C2. The lowest BCUT2D eigenvalue weighted by Gasteiger charge is -2.27. The summed E-state index contributed by atoms with van der Waals surface area (Å²) in [5, 5.41) is 0. The smallest absolute Gasteiger partial charge is 0.310 e. The summed E-state index contributed by atoms with van der Waals surface area (Å²) < 4.78 is 5.24. The number of nitrogens with zero attached hydrogens (tertiary/aromatic N) is 1. The molecule has 102 valence electrons. The van der Waals surface area contributed by atoms with Crippen molar-refractivity contribution >= 4 is 5.97 Å². The summed E-state index contributed by atoms with van der Waals surface area (Å²) in [5.41, 5.74) is 1.33. The number of rotatable bonds is 4. The molecule has 0 N–H and O–H groups in total. The van der Waals surface area contributed by atoms with Crippen LogP contribution in [0.2, 0.25) is 0 Å². The van der Waals surface area contributed by atoms with Crippen LogP contribution in [0.3, 0.4) is 0 Å². The van der Waals surface area contributed by atoms with Crippen molar-refractivity contribution in [3.05, 3.63) is 35.9 Å². The fourth-order valence-electron chi connectivity index (χ4n) is 3.70. The van der Waals surface area contributed by atoms with E-state index in [9.17, 15) is 4.79 Å². The highest BCUT2D eigenvalue weighted by Crippen LogP contribution is 2.43. The van der Waals surface area contributed by atoms with E-state index in [2.05, 4.69) is 29.2 Å². The summed E-state index contributed by atoms with van der Waals surface area (Å²) in [5.74, 6) is 0.641. The Kier molecular flexibility index (Phi) is 3.56. The quantitative estimate of drug-likeness (QED) is 0.778. The zero-order chi connectivity index (χ0) is 13.2. The molecule has 1 saturated heterocycles. The Morgan fingerprint density at radius 1 is 1.32 bits per heavy atom. The van der Waals surface area contributed by atoms with Gasteiger partial charge in [-0.2, -0.15) is 0 Å². The largest absolute Gasteiger partial charge is 0.466 e. The molecular formula is C16H21NO2. The number of likely N-dealkylation sites (tertiary alicyclic amines) is 1. The molecule has 1 aliphatic heterocycles. The molecule has 2 bridgehead atoms. The van der Waals surface area contributed by atoms with Gasteiger partial charge in [0, 0.05) is 19.1 Å².